The number of halogens is 1. The Morgan fingerprint density at radius 1 is 1.29 bits per heavy atom. The zero-order valence-electron chi connectivity index (χ0n) is 9.85. The number of rotatable bonds is 6. The summed E-state index contributed by atoms with van der Waals surface area (Å²) >= 11 is 3.68. The van der Waals surface area contributed by atoms with Crippen molar-refractivity contribution in [1.29, 1.82) is 0 Å². The van der Waals surface area contributed by atoms with Crippen molar-refractivity contribution in [2.45, 2.75) is 52.0 Å². The topological polar surface area (TPSA) is 3.24 Å². The SMILES string of the molecule is CCC(CC)(CBr)CN(C)C1CCC1. The minimum absolute atomic E-state index is 0.504. The Kier molecular flexibility index (Phi) is 4.92. The van der Waals surface area contributed by atoms with E-state index in [0.29, 0.717) is 5.41 Å². The van der Waals surface area contributed by atoms with Gasteiger partial charge in [0.15, 0.2) is 0 Å². The van der Waals surface area contributed by atoms with Crippen molar-refractivity contribution in [2.75, 3.05) is 18.9 Å². The summed E-state index contributed by atoms with van der Waals surface area (Å²) in [6, 6.07) is 0.881. The highest BCUT2D eigenvalue weighted by Crippen LogP contribution is 2.33. The number of hydrogen-bond acceptors (Lipinski definition) is 1. The van der Waals surface area contributed by atoms with Crippen LogP contribution in [0.1, 0.15) is 46.0 Å². The fourth-order valence-electron chi connectivity index (χ4n) is 2.19. The van der Waals surface area contributed by atoms with Gasteiger partial charge in [0.05, 0.1) is 0 Å². The van der Waals surface area contributed by atoms with E-state index >= 15 is 0 Å². The van der Waals surface area contributed by atoms with E-state index < -0.39 is 0 Å². The predicted molar refractivity (Wildman–Crippen MR) is 67.1 cm³/mol. The van der Waals surface area contributed by atoms with Crippen LogP contribution in [-0.2, 0) is 0 Å². The molecule has 1 nitrogen and oxygen atoms in total. The standard InChI is InChI=1S/C12H24BrN/c1-4-12(5-2,9-13)10-14(3)11-7-6-8-11/h11H,4-10H2,1-3H3. The quantitative estimate of drug-likeness (QED) is 0.660. The van der Waals surface area contributed by atoms with Gasteiger partial charge in [-0.1, -0.05) is 36.2 Å². The molecule has 0 radical (unpaired) electrons. The Morgan fingerprint density at radius 3 is 2.14 bits per heavy atom. The lowest BCUT2D eigenvalue weighted by Crippen LogP contribution is -2.44. The summed E-state index contributed by atoms with van der Waals surface area (Å²) < 4.78 is 0. The van der Waals surface area contributed by atoms with Gasteiger partial charge in [-0.3, -0.25) is 0 Å². The molecule has 0 aliphatic heterocycles. The van der Waals surface area contributed by atoms with Gasteiger partial charge in [-0.15, -0.1) is 0 Å². The molecule has 0 aromatic carbocycles. The first-order valence-corrected chi connectivity index (χ1v) is 7.06. The van der Waals surface area contributed by atoms with E-state index in [9.17, 15) is 0 Å². The minimum Gasteiger partial charge on any atom is -0.303 e. The van der Waals surface area contributed by atoms with E-state index in [2.05, 4.69) is 41.7 Å². The zero-order chi connectivity index (χ0) is 10.6. The Morgan fingerprint density at radius 2 is 1.86 bits per heavy atom. The van der Waals surface area contributed by atoms with Gasteiger partial charge in [-0.05, 0) is 38.1 Å². The molecule has 0 aromatic heterocycles. The second kappa shape index (κ2) is 5.50. The lowest BCUT2D eigenvalue weighted by Gasteiger charge is -2.41. The largest absolute Gasteiger partial charge is 0.303 e. The van der Waals surface area contributed by atoms with Crippen molar-refractivity contribution in [2.24, 2.45) is 5.41 Å². The van der Waals surface area contributed by atoms with Crippen LogP contribution in [0, 0.1) is 5.41 Å². The number of alkyl halides is 1. The van der Waals surface area contributed by atoms with Gasteiger partial charge < -0.3 is 4.90 Å². The summed E-state index contributed by atoms with van der Waals surface area (Å²) in [5.41, 5.74) is 0.504. The van der Waals surface area contributed by atoms with E-state index in [1.54, 1.807) is 0 Å². The average molecular weight is 262 g/mol. The van der Waals surface area contributed by atoms with Crippen molar-refractivity contribution in [1.82, 2.24) is 4.90 Å². The van der Waals surface area contributed by atoms with E-state index in [4.69, 9.17) is 0 Å². The van der Waals surface area contributed by atoms with Crippen LogP contribution in [0.2, 0.25) is 0 Å². The molecule has 14 heavy (non-hydrogen) atoms. The molecule has 84 valence electrons. The third-order valence-corrected chi connectivity index (χ3v) is 5.26. The first kappa shape index (κ1) is 12.5. The fraction of sp³-hybridized carbons (Fsp3) is 1.00. The molecule has 1 fully saturated rings. The number of nitrogens with zero attached hydrogens (tertiary/aromatic N) is 1. The molecule has 1 saturated carbocycles. The second-order valence-corrected chi connectivity index (χ2v) is 5.40. The second-order valence-electron chi connectivity index (χ2n) is 4.84. The molecule has 0 bridgehead atoms. The Hall–Kier alpha value is 0.440. The van der Waals surface area contributed by atoms with Gasteiger partial charge in [-0.25, -0.2) is 0 Å². The molecule has 0 amide bonds. The van der Waals surface area contributed by atoms with Crippen LogP contribution in [0.5, 0.6) is 0 Å². The summed E-state index contributed by atoms with van der Waals surface area (Å²) in [7, 11) is 2.30. The molecule has 0 atom stereocenters. The molecule has 0 spiro atoms. The van der Waals surface area contributed by atoms with Gasteiger partial charge in [-0.2, -0.15) is 0 Å². The van der Waals surface area contributed by atoms with Gasteiger partial charge in [0.25, 0.3) is 0 Å². The first-order valence-electron chi connectivity index (χ1n) is 5.93. The van der Waals surface area contributed by atoms with Crippen molar-refractivity contribution in [3.05, 3.63) is 0 Å². The van der Waals surface area contributed by atoms with E-state index in [0.717, 1.165) is 11.4 Å². The summed E-state index contributed by atoms with van der Waals surface area (Å²) in [5.74, 6) is 0. The first-order chi connectivity index (χ1) is 6.67. The molecule has 2 heteroatoms. The van der Waals surface area contributed by atoms with Crippen LogP contribution < -0.4 is 0 Å². The van der Waals surface area contributed by atoms with Crippen LogP contribution >= 0.6 is 15.9 Å². The molecular weight excluding hydrogens is 238 g/mol. The molecule has 1 aliphatic carbocycles. The monoisotopic (exact) mass is 261 g/mol. The summed E-state index contributed by atoms with van der Waals surface area (Å²) in [6.07, 6.45) is 6.84. The smallest absolute Gasteiger partial charge is 0.01000 e. The van der Waals surface area contributed by atoms with Crippen LogP contribution in [0.3, 0.4) is 0 Å². The lowest BCUT2D eigenvalue weighted by molar-refractivity contribution is 0.0993. The van der Waals surface area contributed by atoms with E-state index in [1.165, 1.54) is 38.6 Å². The number of hydrogen-bond donors (Lipinski definition) is 0. The highest BCUT2D eigenvalue weighted by molar-refractivity contribution is 9.09. The van der Waals surface area contributed by atoms with Gasteiger partial charge in [0.1, 0.15) is 0 Å². The third-order valence-electron chi connectivity index (χ3n) is 4.07. The lowest BCUT2D eigenvalue weighted by atomic mass is 9.82. The molecule has 1 rings (SSSR count). The van der Waals surface area contributed by atoms with Crippen LogP contribution in [0.4, 0.5) is 0 Å². The molecule has 0 aromatic rings. The molecule has 0 unspecified atom stereocenters. The third kappa shape index (κ3) is 2.73. The van der Waals surface area contributed by atoms with Crippen LogP contribution in [-0.4, -0.2) is 29.9 Å². The summed E-state index contributed by atoms with van der Waals surface area (Å²) in [4.78, 5) is 2.58. The maximum atomic E-state index is 3.68. The fourth-order valence-corrected chi connectivity index (χ4v) is 3.16. The minimum atomic E-state index is 0.504. The van der Waals surface area contributed by atoms with Gasteiger partial charge >= 0.3 is 0 Å². The van der Waals surface area contributed by atoms with Gasteiger partial charge in [0.2, 0.25) is 0 Å². The molecule has 0 heterocycles. The van der Waals surface area contributed by atoms with Crippen LogP contribution in [0.15, 0.2) is 0 Å². The normalized spacial score (nSPS) is 18.6. The van der Waals surface area contributed by atoms with E-state index in [-0.39, 0.29) is 0 Å². The molecule has 0 N–H and O–H groups in total. The average Bonchev–Trinajstić information content (AvgIpc) is 2.11. The Balaban J connectivity index is 2.44. The maximum absolute atomic E-state index is 3.68. The zero-order valence-corrected chi connectivity index (χ0v) is 11.4. The van der Waals surface area contributed by atoms with Crippen molar-refractivity contribution < 1.29 is 0 Å². The van der Waals surface area contributed by atoms with Crippen LogP contribution in [0.25, 0.3) is 0 Å². The van der Waals surface area contributed by atoms with Crippen molar-refractivity contribution >= 4 is 15.9 Å². The summed E-state index contributed by atoms with van der Waals surface area (Å²) in [6.45, 7) is 5.90. The molecule has 1 aliphatic rings. The van der Waals surface area contributed by atoms with Gasteiger partial charge in [0, 0.05) is 17.9 Å². The molecular formula is C12H24BrN. The Labute approximate surface area is 97.4 Å². The van der Waals surface area contributed by atoms with Crippen molar-refractivity contribution in [3.63, 3.8) is 0 Å². The molecule has 0 saturated heterocycles. The Bertz CT molecular complexity index is 153. The summed E-state index contributed by atoms with van der Waals surface area (Å²) in [5, 5.41) is 1.14. The van der Waals surface area contributed by atoms with Crippen molar-refractivity contribution in [3.8, 4) is 0 Å². The highest BCUT2D eigenvalue weighted by Gasteiger charge is 2.30. The predicted octanol–water partition coefficient (Wildman–Crippen LogP) is 3.67. The highest BCUT2D eigenvalue weighted by atomic mass is 79.9. The van der Waals surface area contributed by atoms with E-state index in [1.807, 2.05) is 0 Å². The maximum Gasteiger partial charge on any atom is 0.01000 e.